The number of fused-ring (bicyclic) bond motifs is 1. The molecule has 0 bridgehead atoms. The molecule has 1 fully saturated rings. The Bertz CT molecular complexity index is 683. The Labute approximate surface area is 142 Å². The van der Waals surface area contributed by atoms with Gasteiger partial charge in [-0.05, 0) is 35.2 Å². The summed E-state index contributed by atoms with van der Waals surface area (Å²) in [5.74, 6) is -0.118. The van der Waals surface area contributed by atoms with Gasteiger partial charge >= 0.3 is 0 Å². The number of ether oxygens (including phenoxy) is 1. The lowest BCUT2D eigenvalue weighted by Crippen LogP contribution is -2.38. The van der Waals surface area contributed by atoms with E-state index in [0.717, 1.165) is 35.8 Å². The minimum Gasteiger partial charge on any atom is -0.387 e. The molecule has 2 aromatic rings. The highest BCUT2D eigenvalue weighted by Crippen LogP contribution is 2.20. The maximum Gasteiger partial charge on any atom is 0.234 e. The lowest BCUT2D eigenvalue weighted by Gasteiger charge is -2.14. The number of aliphatic hydroxyl groups is 1. The summed E-state index contributed by atoms with van der Waals surface area (Å²) in [6, 6.07) is 13.9. The van der Waals surface area contributed by atoms with E-state index < -0.39 is 6.10 Å². The van der Waals surface area contributed by atoms with Crippen molar-refractivity contribution in [2.75, 3.05) is 26.2 Å². The SMILES string of the molecule is O=C(CNCC1CCCO1)NCC(O)c1ccc2ccccc2c1. The average Bonchev–Trinajstić information content (AvgIpc) is 3.12. The first-order valence-corrected chi connectivity index (χ1v) is 8.48. The van der Waals surface area contributed by atoms with Crippen molar-refractivity contribution in [2.45, 2.75) is 25.0 Å². The highest BCUT2D eigenvalue weighted by Gasteiger charge is 2.15. The number of hydrogen-bond acceptors (Lipinski definition) is 4. The normalized spacial score (nSPS) is 18.6. The summed E-state index contributed by atoms with van der Waals surface area (Å²) < 4.78 is 5.49. The summed E-state index contributed by atoms with van der Waals surface area (Å²) in [4.78, 5) is 11.8. The van der Waals surface area contributed by atoms with E-state index in [-0.39, 0.29) is 25.1 Å². The molecule has 1 amide bonds. The van der Waals surface area contributed by atoms with Gasteiger partial charge in [0, 0.05) is 19.7 Å². The zero-order valence-electron chi connectivity index (χ0n) is 13.7. The van der Waals surface area contributed by atoms with Gasteiger partial charge in [0.25, 0.3) is 0 Å². The number of rotatable bonds is 7. The molecule has 5 nitrogen and oxygen atoms in total. The standard InChI is InChI=1S/C19H24N2O3/c22-18(16-8-7-14-4-1-2-5-15(14)10-16)12-21-19(23)13-20-11-17-6-3-9-24-17/h1-2,4-5,7-8,10,17-18,20,22H,3,6,9,11-13H2,(H,21,23). The largest absolute Gasteiger partial charge is 0.387 e. The third-order valence-electron chi connectivity index (χ3n) is 4.33. The highest BCUT2D eigenvalue weighted by molar-refractivity contribution is 5.83. The van der Waals surface area contributed by atoms with Gasteiger partial charge in [-0.25, -0.2) is 0 Å². The average molecular weight is 328 g/mol. The Balaban J connectivity index is 1.43. The molecule has 1 heterocycles. The van der Waals surface area contributed by atoms with Crippen molar-refractivity contribution < 1.29 is 14.6 Å². The van der Waals surface area contributed by atoms with Crippen molar-refractivity contribution >= 4 is 16.7 Å². The maximum atomic E-state index is 11.8. The van der Waals surface area contributed by atoms with Gasteiger partial charge < -0.3 is 20.5 Å². The molecule has 0 aromatic heterocycles. The molecular formula is C19H24N2O3. The van der Waals surface area contributed by atoms with Crippen LogP contribution in [0.2, 0.25) is 0 Å². The van der Waals surface area contributed by atoms with Crippen LogP contribution < -0.4 is 10.6 Å². The van der Waals surface area contributed by atoms with E-state index in [1.54, 1.807) is 0 Å². The molecule has 0 spiro atoms. The minimum absolute atomic E-state index is 0.118. The van der Waals surface area contributed by atoms with Crippen LogP contribution in [-0.4, -0.2) is 43.4 Å². The Morgan fingerprint density at radius 1 is 1.25 bits per heavy atom. The molecule has 2 unspecified atom stereocenters. The van der Waals surface area contributed by atoms with Crippen molar-refractivity contribution in [3.8, 4) is 0 Å². The van der Waals surface area contributed by atoms with Crippen LogP contribution in [0.25, 0.3) is 10.8 Å². The molecule has 2 aromatic carbocycles. The second-order valence-corrected chi connectivity index (χ2v) is 6.19. The first kappa shape index (κ1) is 16.9. The number of aliphatic hydroxyl groups excluding tert-OH is 1. The van der Waals surface area contributed by atoms with E-state index in [9.17, 15) is 9.90 Å². The topological polar surface area (TPSA) is 70.6 Å². The van der Waals surface area contributed by atoms with Gasteiger partial charge in [-0.1, -0.05) is 36.4 Å². The Morgan fingerprint density at radius 2 is 2.08 bits per heavy atom. The third-order valence-corrected chi connectivity index (χ3v) is 4.33. The lowest BCUT2D eigenvalue weighted by atomic mass is 10.0. The number of benzene rings is 2. The molecular weight excluding hydrogens is 304 g/mol. The molecule has 1 aliphatic rings. The molecule has 3 rings (SSSR count). The van der Waals surface area contributed by atoms with Crippen molar-refractivity contribution in [1.29, 1.82) is 0 Å². The number of nitrogens with one attached hydrogen (secondary N) is 2. The molecule has 0 saturated carbocycles. The quantitative estimate of drug-likeness (QED) is 0.724. The van der Waals surface area contributed by atoms with Crippen LogP contribution in [0.3, 0.4) is 0 Å². The van der Waals surface area contributed by atoms with Crippen LogP contribution in [-0.2, 0) is 9.53 Å². The summed E-state index contributed by atoms with van der Waals surface area (Å²) in [6.45, 7) is 1.96. The van der Waals surface area contributed by atoms with Crippen LogP contribution in [0.5, 0.6) is 0 Å². The number of carbonyl (C=O) groups excluding carboxylic acids is 1. The summed E-state index contributed by atoms with van der Waals surface area (Å²) in [5.41, 5.74) is 0.807. The molecule has 0 aliphatic carbocycles. The first-order valence-electron chi connectivity index (χ1n) is 8.48. The fraction of sp³-hybridized carbons (Fsp3) is 0.421. The zero-order chi connectivity index (χ0) is 16.8. The van der Waals surface area contributed by atoms with E-state index in [4.69, 9.17) is 4.74 Å². The van der Waals surface area contributed by atoms with Crippen LogP contribution in [0.4, 0.5) is 0 Å². The number of hydrogen-bond donors (Lipinski definition) is 3. The van der Waals surface area contributed by atoms with Gasteiger partial charge in [0.15, 0.2) is 0 Å². The van der Waals surface area contributed by atoms with Crippen LogP contribution in [0.1, 0.15) is 24.5 Å². The van der Waals surface area contributed by atoms with E-state index in [1.165, 1.54) is 0 Å². The van der Waals surface area contributed by atoms with Gasteiger partial charge in [-0.3, -0.25) is 4.79 Å². The summed E-state index contributed by atoms with van der Waals surface area (Å²) in [6.07, 6.45) is 1.66. The van der Waals surface area contributed by atoms with E-state index in [2.05, 4.69) is 10.6 Å². The van der Waals surface area contributed by atoms with E-state index in [1.807, 2.05) is 42.5 Å². The molecule has 0 radical (unpaired) electrons. The zero-order valence-corrected chi connectivity index (χ0v) is 13.7. The van der Waals surface area contributed by atoms with Gasteiger partial charge in [-0.2, -0.15) is 0 Å². The lowest BCUT2D eigenvalue weighted by molar-refractivity contribution is -0.120. The molecule has 128 valence electrons. The second-order valence-electron chi connectivity index (χ2n) is 6.19. The molecule has 5 heteroatoms. The van der Waals surface area contributed by atoms with Crippen molar-refractivity contribution in [2.24, 2.45) is 0 Å². The van der Waals surface area contributed by atoms with Crippen molar-refractivity contribution in [1.82, 2.24) is 10.6 Å². The van der Waals surface area contributed by atoms with Crippen LogP contribution >= 0.6 is 0 Å². The summed E-state index contributed by atoms with van der Waals surface area (Å²) in [5, 5.41) is 18.3. The Hall–Kier alpha value is -1.95. The van der Waals surface area contributed by atoms with E-state index >= 15 is 0 Å². The van der Waals surface area contributed by atoms with Gasteiger partial charge in [0.05, 0.1) is 18.8 Å². The number of carbonyl (C=O) groups is 1. The Morgan fingerprint density at radius 3 is 2.88 bits per heavy atom. The maximum absolute atomic E-state index is 11.8. The summed E-state index contributed by atoms with van der Waals surface area (Å²) >= 11 is 0. The monoisotopic (exact) mass is 328 g/mol. The smallest absolute Gasteiger partial charge is 0.234 e. The molecule has 3 N–H and O–H groups in total. The molecule has 2 atom stereocenters. The van der Waals surface area contributed by atoms with Crippen LogP contribution in [0, 0.1) is 0 Å². The van der Waals surface area contributed by atoms with Crippen molar-refractivity contribution in [3.05, 3.63) is 48.0 Å². The molecule has 24 heavy (non-hydrogen) atoms. The van der Waals surface area contributed by atoms with Crippen molar-refractivity contribution in [3.63, 3.8) is 0 Å². The highest BCUT2D eigenvalue weighted by atomic mass is 16.5. The van der Waals surface area contributed by atoms with Gasteiger partial charge in [0.1, 0.15) is 0 Å². The Kier molecular flexibility index (Phi) is 5.80. The predicted octanol–water partition coefficient (Wildman–Crippen LogP) is 1.76. The number of amides is 1. The molecule has 1 saturated heterocycles. The predicted molar refractivity (Wildman–Crippen MR) is 93.8 cm³/mol. The van der Waals surface area contributed by atoms with E-state index in [0.29, 0.717) is 6.54 Å². The first-order chi connectivity index (χ1) is 11.7. The second kappa shape index (κ2) is 8.24. The summed E-state index contributed by atoms with van der Waals surface area (Å²) in [7, 11) is 0. The molecule has 1 aliphatic heterocycles. The van der Waals surface area contributed by atoms with Gasteiger partial charge in [0.2, 0.25) is 5.91 Å². The fourth-order valence-corrected chi connectivity index (χ4v) is 2.96. The third kappa shape index (κ3) is 4.54. The van der Waals surface area contributed by atoms with Crippen LogP contribution in [0.15, 0.2) is 42.5 Å². The minimum atomic E-state index is -0.711. The van der Waals surface area contributed by atoms with Gasteiger partial charge in [-0.15, -0.1) is 0 Å². The fourth-order valence-electron chi connectivity index (χ4n) is 2.96.